The van der Waals surface area contributed by atoms with E-state index in [1.54, 1.807) is 11.8 Å². The van der Waals surface area contributed by atoms with Gasteiger partial charge in [-0.3, -0.25) is 5.41 Å². The first kappa shape index (κ1) is 20.9. The van der Waals surface area contributed by atoms with Crippen LogP contribution in [0.4, 0.5) is 0 Å². The molecule has 0 unspecified atom stereocenters. The van der Waals surface area contributed by atoms with Crippen LogP contribution in [0.5, 0.6) is 0 Å². The fraction of sp³-hybridized carbons (Fsp3) is 0.941. The van der Waals surface area contributed by atoms with Crippen LogP contribution in [0.1, 0.15) is 77.6 Å². The van der Waals surface area contributed by atoms with Gasteiger partial charge in [-0.15, -0.1) is 11.8 Å². The van der Waals surface area contributed by atoms with Crippen molar-refractivity contribution in [1.82, 2.24) is 5.32 Å². The van der Waals surface area contributed by atoms with E-state index < -0.39 is 0 Å². The van der Waals surface area contributed by atoms with Gasteiger partial charge in [0.1, 0.15) is 0 Å². The Morgan fingerprint density at radius 1 is 0.857 bits per heavy atom. The van der Waals surface area contributed by atoms with Gasteiger partial charge in [-0.25, -0.2) is 0 Å². The molecule has 0 rings (SSSR count). The lowest BCUT2D eigenvalue weighted by Gasteiger charge is -2.05. The Kier molecular flexibility index (Phi) is 17.9. The Hall–Kier alpha value is -0.0600. The van der Waals surface area contributed by atoms with Gasteiger partial charge in [-0.2, -0.15) is 0 Å². The van der Waals surface area contributed by atoms with Crippen LogP contribution in [0.25, 0.3) is 0 Å². The second kappa shape index (κ2) is 18.0. The van der Waals surface area contributed by atoms with E-state index in [1.807, 2.05) is 0 Å². The summed E-state index contributed by atoms with van der Waals surface area (Å²) in [5.74, 6) is 1.01. The lowest BCUT2D eigenvalue weighted by molar-refractivity contribution is 0.543. The van der Waals surface area contributed by atoms with E-state index in [-0.39, 0.29) is 0 Å². The number of hydrogen-bond acceptors (Lipinski definition) is 4. The minimum Gasteiger partial charge on any atom is -0.325 e. The van der Waals surface area contributed by atoms with Gasteiger partial charge in [0.25, 0.3) is 0 Å². The highest BCUT2D eigenvalue weighted by Crippen LogP contribution is 2.10. The molecule has 0 aromatic heterocycles. The molecule has 3 nitrogen and oxygen atoms in total. The third-order valence-corrected chi connectivity index (χ3v) is 4.67. The maximum absolute atomic E-state index is 7.43. The Bertz CT molecular complexity index is 222. The standard InChI is InChI=1S/C17H37N3S/c1-2-3-4-5-6-7-8-9-10-11-13-20-14-12-15-21-17(19)16-18/h19-20H,2-16,18H2,1H3. The van der Waals surface area contributed by atoms with Crippen molar-refractivity contribution in [3.63, 3.8) is 0 Å². The highest BCUT2D eigenvalue weighted by Gasteiger charge is 1.95. The summed E-state index contributed by atoms with van der Waals surface area (Å²) in [7, 11) is 0. The largest absolute Gasteiger partial charge is 0.325 e. The van der Waals surface area contributed by atoms with Crippen molar-refractivity contribution in [2.75, 3.05) is 25.4 Å². The monoisotopic (exact) mass is 315 g/mol. The summed E-state index contributed by atoms with van der Waals surface area (Å²) in [5, 5.41) is 11.5. The Balaban J connectivity index is 2.98. The molecule has 0 aromatic carbocycles. The van der Waals surface area contributed by atoms with Crippen LogP contribution in [-0.2, 0) is 0 Å². The van der Waals surface area contributed by atoms with Gasteiger partial charge in [0, 0.05) is 12.3 Å². The molecular formula is C17H37N3S. The summed E-state index contributed by atoms with van der Waals surface area (Å²) in [5.41, 5.74) is 5.37. The molecule has 0 aromatic rings. The highest BCUT2D eigenvalue weighted by molar-refractivity contribution is 8.13. The summed E-state index contributed by atoms with van der Waals surface area (Å²) >= 11 is 1.58. The van der Waals surface area contributed by atoms with E-state index in [0.29, 0.717) is 11.6 Å². The fourth-order valence-corrected chi connectivity index (χ4v) is 2.97. The van der Waals surface area contributed by atoms with Crippen LogP contribution in [0, 0.1) is 5.41 Å². The van der Waals surface area contributed by atoms with Gasteiger partial charge in [0.05, 0.1) is 5.04 Å². The van der Waals surface area contributed by atoms with Crippen molar-refractivity contribution in [3.8, 4) is 0 Å². The molecule has 4 heteroatoms. The maximum atomic E-state index is 7.43. The number of unbranched alkanes of at least 4 members (excludes halogenated alkanes) is 9. The second-order valence-corrected chi connectivity index (χ2v) is 6.95. The predicted octanol–water partition coefficient (Wildman–Crippen LogP) is 4.56. The van der Waals surface area contributed by atoms with Gasteiger partial charge in [-0.1, -0.05) is 64.7 Å². The Morgan fingerprint density at radius 3 is 1.95 bits per heavy atom. The lowest BCUT2D eigenvalue weighted by atomic mass is 10.1. The van der Waals surface area contributed by atoms with Crippen molar-refractivity contribution in [2.45, 2.75) is 77.6 Å². The van der Waals surface area contributed by atoms with Gasteiger partial charge in [0.2, 0.25) is 0 Å². The minimum atomic E-state index is 0.386. The quantitative estimate of drug-likeness (QED) is 0.222. The van der Waals surface area contributed by atoms with Crippen LogP contribution in [-0.4, -0.2) is 30.4 Å². The smallest absolute Gasteiger partial charge is 0.0777 e. The van der Waals surface area contributed by atoms with E-state index in [1.165, 1.54) is 64.2 Å². The van der Waals surface area contributed by atoms with E-state index >= 15 is 0 Å². The van der Waals surface area contributed by atoms with Gasteiger partial charge < -0.3 is 11.1 Å². The molecule has 0 heterocycles. The summed E-state index contributed by atoms with van der Waals surface area (Å²) in [6.07, 6.45) is 15.1. The zero-order valence-electron chi connectivity index (χ0n) is 14.1. The third-order valence-electron chi connectivity index (χ3n) is 3.67. The first-order valence-corrected chi connectivity index (χ1v) is 9.90. The molecule has 0 aliphatic carbocycles. The molecule has 126 valence electrons. The molecule has 0 aliphatic heterocycles. The van der Waals surface area contributed by atoms with E-state index in [0.717, 1.165) is 25.3 Å². The normalized spacial score (nSPS) is 11.0. The van der Waals surface area contributed by atoms with Crippen LogP contribution >= 0.6 is 11.8 Å². The molecule has 0 aliphatic rings. The lowest BCUT2D eigenvalue weighted by Crippen LogP contribution is -2.17. The topological polar surface area (TPSA) is 61.9 Å². The molecule has 0 amide bonds. The maximum Gasteiger partial charge on any atom is 0.0777 e. The van der Waals surface area contributed by atoms with E-state index in [4.69, 9.17) is 11.1 Å². The van der Waals surface area contributed by atoms with Crippen molar-refractivity contribution in [1.29, 1.82) is 5.41 Å². The van der Waals surface area contributed by atoms with Gasteiger partial charge in [0.15, 0.2) is 0 Å². The van der Waals surface area contributed by atoms with Crippen LogP contribution in [0.15, 0.2) is 0 Å². The molecule has 0 saturated heterocycles. The fourth-order valence-electron chi connectivity index (χ4n) is 2.31. The third kappa shape index (κ3) is 17.9. The first-order valence-electron chi connectivity index (χ1n) is 8.92. The van der Waals surface area contributed by atoms with E-state index in [9.17, 15) is 0 Å². The van der Waals surface area contributed by atoms with Crippen LogP contribution in [0.3, 0.4) is 0 Å². The Morgan fingerprint density at radius 2 is 1.38 bits per heavy atom. The molecule has 0 fully saturated rings. The molecule has 0 radical (unpaired) electrons. The summed E-state index contributed by atoms with van der Waals surface area (Å²) < 4.78 is 0. The Labute approximate surface area is 136 Å². The molecule has 0 atom stereocenters. The summed E-state index contributed by atoms with van der Waals surface area (Å²) in [6.45, 7) is 4.88. The predicted molar refractivity (Wildman–Crippen MR) is 98.6 cm³/mol. The zero-order valence-corrected chi connectivity index (χ0v) is 14.9. The average molecular weight is 316 g/mol. The molecule has 21 heavy (non-hydrogen) atoms. The molecular weight excluding hydrogens is 278 g/mol. The van der Waals surface area contributed by atoms with Crippen molar-refractivity contribution >= 4 is 16.8 Å². The summed E-state index contributed by atoms with van der Waals surface area (Å²) in [6, 6.07) is 0. The minimum absolute atomic E-state index is 0.386. The average Bonchev–Trinajstić information content (AvgIpc) is 2.50. The number of nitrogens with two attached hydrogens (primary N) is 1. The van der Waals surface area contributed by atoms with Crippen molar-refractivity contribution < 1.29 is 0 Å². The molecule has 0 spiro atoms. The number of rotatable bonds is 16. The SMILES string of the molecule is CCCCCCCCCCCCNCCCSC(=N)CN. The first-order chi connectivity index (χ1) is 10.3. The highest BCUT2D eigenvalue weighted by atomic mass is 32.2. The van der Waals surface area contributed by atoms with Gasteiger partial charge >= 0.3 is 0 Å². The van der Waals surface area contributed by atoms with Crippen molar-refractivity contribution in [2.24, 2.45) is 5.73 Å². The number of hydrogen-bond donors (Lipinski definition) is 3. The summed E-state index contributed by atoms with van der Waals surface area (Å²) in [4.78, 5) is 0. The van der Waals surface area contributed by atoms with Gasteiger partial charge in [-0.05, 0) is 25.9 Å². The van der Waals surface area contributed by atoms with Crippen LogP contribution < -0.4 is 11.1 Å². The molecule has 4 N–H and O–H groups in total. The number of thioether (sulfide) groups is 1. The van der Waals surface area contributed by atoms with E-state index in [2.05, 4.69) is 12.2 Å². The zero-order chi connectivity index (χ0) is 15.6. The number of nitrogens with one attached hydrogen (secondary N) is 2. The molecule has 0 bridgehead atoms. The van der Waals surface area contributed by atoms with Crippen LogP contribution in [0.2, 0.25) is 0 Å². The van der Waals surface area contributed by atoms with Crippen molar-refractivity contribution in [3.05, 3.63) is 0 Å². The second-order valence-electron chi connectivity index (χ2n) is 5.76. The molecule has 0 saturated carbocycles.